The van der Waals surface area contributed by atoms with Crippen LogP contribution in [0.4, 0.5) is 0 Å². The van der Waals surface area contributed by atoms with E-state index in [-0.39, 0.29) is 0 Å². The molecule has 1 amide bonds. The van der Waals surface area contributed by atoms with Gasteiger partial charge in [0.1, 0.15) is 0 Å². The van der Waals surface area contributed by atoms with Gasteiger partial charge in [-0.05, 0) is 63.6 Å². The van der Waals surface area contributed by atoms with Crippen molar-refractivity contribution < 1.29 is 4.79 Å². The van der Waals surface area contributed by atoms with Crippen LogP contribution in [0, 0.1) is 0 Å². The number of likely N-dealkylation sites (N-methyl/N-ethyl adjacent to an activating group) is 1. The highest BCUT2D eigenvalue weighted by atomic mass is 16.2. The standard InChI is InChI=1S/C23H36N2O/c1-24(21-15-8-9-16-22(21)25-18-10-11-19-25)23(26)17-7-3-6-14-20-12-4-2-5-13-20/h2,4-5,12-13,21-22H,3,6-11,14-19H2,1H3/t21-,22-/m1/s1. The molecule has 1 aromatic carbocycles. The summed E-state index contributed by atoms with van der Waals surface area (Å²) in [5.41, 5.74) is 1.41. The monoisotopic (exact) mass is 356 g/mol. The normalized spacial score (nSPS) is 23.9. The molecular weight excluding hydrogens is 320 g/mol. The van der Waals surface area contributed by atoms with Crippen LogP contribution in [0.1, 0.15) is 69.8 Å². The summed E-state index contributed by atoms with van der Waals surface area (Å²) in [6.07, 6.45) is 13.0. The largest absolute Gasteiger partial charge is 0.341 e. The van der Waals surface area contributed by atoms with E-state index >= 15 is 0 Å². The highest BCUT2D eigenvalue weighted by Crippen LogP contribution is 2.29. The third-order valence-electron chi connectivity index (χ3n) is 6.39. The molecule has 3 nitrogen and oxygen atoms in total. The van der Waals surface area contributed by atoms with E-state index < -0.39 is 0 Å². The topological polar surface area (TPSA) is 23.6 Å². The predicted molar refractivity (Wildman–Crippen MR) is 108 cm³/mol. The summed E-state index contributed by atoms with van der Waals surface area (Å²) in [5, 5.41) is 0. The number of benzene rings is 1. The first-order chi connectivity index (χ1) is 12.8. The van der Waals surface area contributed by atoms with Gasteiger partial charge in [-0.1, -0.05) is 49.6 Å². The van der Waals surface area contributed by atoms with Crippen molar-refractivity contribution in [2.75, 3.05) is 20.1 Å². The molecule has 1 aliphatic carbocycles. The van der Waals surface area contributed by atoms with Crippen LogP contribution in [0.25, 0.3) is 0 Å². The van der Waals surface area contributed by atoms with Crippen LogP contribution in [0.3, 0.4) is 0 Å². The molecule has 1 saturated heterocycles. The molecule has 0 spiro atoms. The number of likely N-dealkylation sites (tertiary alicyclic amines) is 1. The highest BCUT2D eigenvalue weighted by molar-refractivity contribution is 5.76. The Labute approximate surface area is 159 Å². The molecule has 1 aromatic rings. The SMILES string of the molecule is CN(C(=O)CCCCCc1ccccc1)[C@@H]1CCCC[C@H]1N1CCCC1. The van der Waals surface area contributed by atoms with Crippen molar-refractivity contribution in [2.45, 2.75) is 82.7 Å². The number of carbonyl (C=O) groups excluding carboxylic acids is 1. The maximum Gasteiger partial charge on any atom is 0.222 e. The fourth-order valence-electron chi connectivity index (χ4n) is 4.83. The molecule has 0 radical (unpaired) electrons. The number of hydrogen-bond donors (Lipinski definition) is 0. The van der Waals surface area contributed by atoms with E-state index in [0.717, 1.165) is 19.3 Å². The lowest BCUT2D eigenvalue weighted by atomic mass is 9.88. The van der Waals surface area contributed by atoms with Gasteiger partial charge in [-0.15, -0.1) is 0 Å². The lowest BCUT2D eigenvalue weighted by Gasteiger charge is -2.42. The predicted octanol–water partition coefficient (Wildman–Crippen LogP) is 4.65. The summed E-state index contributed by atoms with van der Waals surface area (Å²) >= 11 is 0. The molecule has 2 aliphatic rings. The Balaban J connectivity index is 1.40. The smallest absolute Gasteiger partial charge is 0.222 e. The zero-order chi connectivity index (χ0) is 18.2. The number of carbonyl (C=O) groups is 1. The first-order valence-electron chi connectivity index (χ1n) is 10.8. The van der Waals surface area contributed by atoms with E-state index in [9.17, 15) is 4.79 Å². The van der Waals surface area contributed by atoms with E-state index in [2.05, 4.69) is 47.2 Å². The average molecular weight is 357 g/mol. The molecule has 1 heterocycles. The summed E-state index contributed by atoms with van der Waals surface area (Å²) in [6, 6.07) is 11.7. The van der Waals surface area contributed by atoms with Crippen molar-refractivity contribution in [3.05, 3.63) is 35.9 Å². The number of amides is 1. The molecular formula is C23H36N2O. The Morgan fingerprint density at radius 2 is 1.73 bits per heavy atom. The Morgan fingerprint density at radius 3 is 2.50 bits per heavy atom. The molecule has 0 unspecified atom stereocenters. The molecule has 2 atom stereocenters. The number of rotatable bonds is 8. The van der Waals surface area contributed by atoms with E-state index in [1.807, 2.05) is 0 Å². The van der Waals surface area contributed by atoms with Gasteiger partial charge in [0.05, 0.1) is 0 Å². The second-order valence-corrected chi connectivity index (χ2v) is 8.21. The molecule has 0 bridgehead atoms. The Hall–Kier alpha value is -1.35. The molecule has 3 rings (SSSR count). The lowest BCUT2D eigenvalue weighted by molar-refractivity contribution is -0.134. The van der Waals surface area contributed by atoms with Crippen LogP contribution in [0.5, 0.6) is 0 Å². The van der Waals surface area contributed by atoms with Gasteiger partial charge in [-0.3, -0.25) is 9.69 Å². The van der Waals surface area contributed by atoms with Crippen LogP contribution in [-0.4, -0.2) is 47.9 Å². The second-order valence-electron chi connectivity index (χ2n) is 8.21. The van der Waals surface area contributed by atoms with Gasteiger partial charge >= 0.3 is 0 Å². The van der Waals surface area contributed by atoms with E-state index in [0.29, 0.717) is 24.4 Å². The summed E-state index contributed by atoms with van der Waals surface area (Å²) in [4.78, 5) is 17.5. The number of nitrogens with zero attached hydrogens (tertiary/aromatic N) is 2. The van der Waals surface area contributed by atoms with Crippen molar-refractivity contribution in [1.29, 1.82) is 0 Å². The van der Waals surface area contributed by atoms with Crippen LogP contribution >= 0.6 is 0 Å². The summed E-state index contributed by atoms with van der Waals surface area (Å²) < 4.78 is 0. The molecule has 1 saturated carbocycles. The molecule has 0 aromatic heterocycles. The van der Waals surface area contributed by atoms with Crippen molar-refractivity contribution >= 4 is 5.91 Å². The number of hydrogen-bond acceptors (Lipinski definition) is 2. The quantitative estimate of drug-likeness (QED) is 0.633. The van der Waals surface area contributed by atoms with Gasteiger partial charge in [0.15, 0.2) is 0 Å². The van der Waals surface area contributed by atoms with Crippen LogP contribution in [0.15, 0.2) is 30.3 Å². The summed E-state index contributed by atoms with van der Waals surface area (Å²) in [6.45, 7) is 2.48. The van der Waals surface area contributed by atoms with Crippen molar-refractivity contribution in [3.63, 3.8) is 0 Å². The second kappa shape index (κ2) is 10.1. The lowest BCUT2D eigenvalue weighted by Crippen LogP contribution is -2.53. The zero-order valence-corrected chi connectivity index (χ0v) is 16.5. The molecule has 144 valence electrons. The van der Waals surface area contributed by atoms with Gasteiger partial charge in [-0.2, -0.15) is 0 Å². The minimum absolute atomic E-state index is 0.362. The first-order valence-corrected chi connectivity index (χ1v) is 10.8. The minimum atomic E-state index is 0.362. The van der Waals surface area contributed by atoms with E-state index in [4.69, 9.17) is 0 Å². The van der Waals surface area contributed by atoms with Crippen LogP contribution in [-0.2, 0) is 11.2 Å². The third kappa shape index (κ3) is 5.33. The van der Waals surface area contributed by atoms with Gasteiger partial charge in [0.25, 0.3) is 0 Å². The molecule has 0 N–H and O–H groups in total. The van der Waals surface area contributed by atoms with E-state index in [1.165, 1.54) is 63.6 Å². The number of unbranched alkanes of at least 4 members (excludes halogenated alkanes) is 2. The maximum absolute atomic E-state index is 12.7. The highest BCUT2D eigenvalue weighted by Gasteiger charge is 2.35. The average Bonchev–Trinajstić information content (AvgIpc) is 3.22. The van der Waals surface area contributed by atoms with E-state index in [1.54, 1.807) is 0 Å². The van der Waals surface area contributed by atoms with Crippen LogP contribution in [0.2, 0.25) is 0 Å². The Morgan fingerprint density at radius 1 is 1.00 bits per heavy atom. The number of aryl methyl sites for hydroxylation is 1. The molecule has 26 heavy (non-hydrogen) atoms. The fourth-order valence-corrected chi connectivity index (χ4v) is 4.83. The van der Waals surface area contributed by atoms with Crippen molar-refractivity contribution in [1.82, 2.24) is 9.80 Å². The van der Waals surface area contributed by atoms with Crippen molar-refractivity contribution in [2.24, 2.45) is 0 Å². The fraction of sp³-hybridized carbons (Fsp3) is 0.696. The zero-order valence-electron chi connectivity index (χ0n) is 16.5. The van der Waals surface area contributed by atoms with Gasteiger partial charge in [0.2, 0.25) is 5.91 Å². The first kappa shape index (κ1) is 19.4. The molecule has 2 fully saturated rings. The summed E-state index contributed by atoms with van der Waals surface area (Å²) in [7, 11) is 2.06. The molecule has 3 heteroatoms. The Kier molecular flexibility index (Phi) is 7.55. The summed E-state index contributed by atoms with van der Waals surface area (Å²) in [5.74, 6) is 0.362. The van der Waals surface area contributed by atoms with Crippen molar-refractivity contribution in [3.8, 4) is 0 Å². The van der Waals surface area contributed by atoms with Gasteiger partial charge in [-0.25, -0.2) is 0 Å². The van der Waals surface area contributed by atoms with Gasteiger partial charge < -0.3 is 4.90 Å². The third-order valence-corrected chi connectivity index (χ3v) is 6.39. The minimum Gasteiger partial charge on any atom is -0.341 e. The Bertz CT molecular complexity index is 538. The van der Waals surface area contributed by atoms with Gasteiger partial charge in [0, 0.05) is 25.6 Å². The molecule has 1 aliphatic heterocycles. The van der Waals surface area contributed by atoms with Crippen LogP contribution < -0.4 is 0 Å². The maximum atomic E-state index is 12.7.